The van der Waals surface area contributed by atoms with Crippen molar-refractivity contribution in [2.24, 2.45) is 0 Å². The van der Waals surface area contributed by atoms with Crippen LogP contribution >= 0.6 is 0 Å². The molecule has 1 aromatic rings. The number of benzene rings is 1. The van der Waals surface area contributed by atoms with Crippen molar-refractivity contribution in [1.82, 2.24) is 4.72 Å². The minimum absolute atomic E-state index is 0.156. The van der Waals surface area contributed by atoms with Crippen LogP contribution in [-0.4, -0.2) is 48.5 Å². The molecule has 0 spiro atoms. The number of phenolic OH excluding ortho intramolecular Hbond substituents is 2. The first kappa shape index (κ1) is 24.1. The first-order valence-electron chi connectivity index (χ1n) is 7.08. The van der Waals surface area contributed by atoms with Gasteiger partial charge in [-0.25, -0.2) is 13.1 Å². The van der Waals surface area contributed by atoms with Crippen LogP contribution in [0.5, 0.6) is 11.5 Å². The van der Waals surface area contributed by atoms with Crippen LogP contribution in [0.4, 0.5) is 39.5 Å². The van der Waals surface area contributed by atoms with Crippen molar-refractivity contribution < 1.29 is 58.1 Å². The third kappa shape index (κ3) is 4.24. The van der Waals surface area contributed by atoms with Crippen LogP contribution in [0, 0.1) is 0 Å². The third-order valence-electron chi connectivity index (χ3n) is 3.43. The molecule has 162 valence electrons. The predicted octanol–water partition coefficient (Wildman–Crippen LogP) is 3.38. The lowest BCUT2D eigenvalue weighted by atomic mass is 10.1. The molecule has 0 fully saturated rings. The topological polar surface area (TPSA) is 86.6 Å². The van der Waals surface area contributed by atoms with E-state index >= 15 is 0 Å². The van der Waals surface area contributed by atoms with Gasteiger partial charge in [-0.1, -0.05) is 6.07 Å². The third-order valence-corrected chi connectivity index (χ3v) is 4.94. The van der Waals surface area contributed by atoms with Crippen LogP contribution in [0.15, 0.2) is 18.2 Å². The number of alkyl halides is 9. The van der Waals surface area contributed by atoms with Crippen molar-refractivity contribution in [3.63, 3.8) is 0 Å². The Bertz CT molecular complexity index is 809. The second-order valence-electron chi connectivity index (χ2n) is 5.49. The molecule has 28 heavy (non-hydrogen) atoms. The average Bonchev–Trinajstić information content (AvgIpc) is 2.53. The van der Waals surface area contributed by atoms with Crippen molar-refractivity contribution >= 4 is 10.0 Å². The van der Waals surface area contributed by atoms with Crippen molar-refractivity contribution in [3.05, 3.63) is 23.8 Å². The summed E-state index contributed by atoms with van der Waals surface area (Å²) in [6, 6.07) is 3.27. The summed E-state index contributed by atoms with van der Waals surface area (Å²) >= 11 is 0. The van der Waals surface area contributed by atoms with Gasteiger partial charge in [0.15, 0.2) is 11.5 Å². The Morgan fingerprint density at radius 1 is 0.857 bits per heavy atom. The predicted molar refractivity (Wildman–Crippen MR) is 75.9 cm³/mol. The number of rotatable bonds is 8. The molecule has 3 N–H and O–H groups in total. The van der Waals surface area contributed by atoms with Crippen molar-refractivity contribution in [2.45, 2.75) is 36.1 Å². The number of sulfonamides is 1. The first-order valence-corrected chi connectivity index (χ1v) is 8.57. The summed E-state index contributed by atoms with van der Waals surface area (Å²) < 4.78 is 138. The van der Waals surface area contributed by atoms with Gasteiger partial charge in [-0.05, 0) is 30.5 Å². The van der Waals surface area contributed by atoms with Gasteiger partial charge in [0.05, 0.1) is 0 Å². The molecule has 0 aliphatic rings. The van der Waals surface area contributed by atoms with Gasteiger partial charge < -0.3 is 10.2 Å². The lowest BCUT2D eigenvalue weighted by Gasteiger charge is -2.33. The van der Waals surface area contributed by atoms with E-state index in [0.29, 0.717) is 0 Å². The van der Waals surface area contributed by atoms with Gasteiger partial charge in [-0.3, -0.25) is 0 Å². The second kappa shape index (κ2) is 7.50. The zero-order valence-electron chi connectivity index (χ0n) is 13.4. The Labute approximate surface area is 151 Å². The van der Waals surface area contributed by atoms with E-state index in [-0.39, 0.29) is 18.4 Å². The maximum atomic E-state index is 13.4. The zero-order valence-corrected chi connectivity index (χ0v) is 14.2. The smallest absolute Gasteiger partial charge is 0.460 e. The number of hydrogen-bond donors (Lipinski definition) is 3. The molecule has 0 radical (unpaired) electrons. The van der Waals surface area contributed by atoms with E-state index < -0.39 is 51.3 Å². The highest BCUT2D eigenvalue weighted by atomic mass is 32.2. The molecule has 0 heterocycles. The van der Waals surface area contributed by atoms with Crippen LogP contribution in [0.3, 0.4) is 0 Å². The van der Waals surface area contributed by atoms with Gasteiger partial charge in [0.2, 0.25) is 0 Å². The molecule has 0 saturated carbocycles. The average molecular weight is 449 g/mol. The molecular formula is C13H12F9NO4S. The molecule has 0 aromatic heterocycles. The number of phenols is 2. The van der Waals surface area contributed by atoms with Gasteiger partial charge in [-0.2, -0.15) is 39.5 Å². The fourth-order valence-corrected chi connectivity index (χ4v) is 2.90. The summed E-state index contributed by atoms with van der Waals surface area (Å²) in [4.78, 5) is 0. The standard InChI is InChI=1S/C13H12F9NO4S/c14-10(15,12(18,19)20)11(16,17)13(21,22)28(26,27)23-5-1-2-7-3-4-8(24)9(25)6-7/h3-4,6,23-25H,1-2,5H2. The van der Waals surface area contributed by atoms with Gasteiger partial charge in [0.25, 0.3) is 10.0 Å². The largest absolute Gasteiger partial charge is 0.504 e. The second-order valence-corrected chi connectivity index (χ2v) is 7.30. The van der Waals surface area contributed by atoms with E-state index in [1.807, 2.05) is 0 Å². The van der Waals surface area contributed by atoms with Crippen LogP contribution < -0.4 is 4.72 Å². The van der Waals surface area contributed by atoms with E-state index in [1.54, 1.807) is 0 Å². The fourth-order valence-electron chi connectivity index (χ4n) is 1.84. The van der Waals surface area contributed by atoms with E-state index in [4.69, 9.17) is 5.11 Å². The molecule has 0 unspecified atom stereocenters. The van der Waals surface area contributed by atoms with E-state index in [0.717, 1.165) is 16.9 Å². The monoisotopic (exact) mass is 449 g/mol. The summed E-state index contributed by atoms with van der Waals surface area (Å²) in [7, 11) is -6.63. The highest BCUT2D eigenvalue weighted by Crippen LogP contribution is 2.54. The lowest BCUT2D eigenvalue weighted by Crippen LogP contribution is -2.64. The summed E-state index contributed by atoms with van der Waals surface area (Å²) in [5, 5.41) is 11.5. The normalized spacial score (nSPS) is 14.3. The fraction of sp³-hybridized carbons (Fsp3) is 0.538. The van der Waals surface area contributed by atoms with Crippen LogP contribution in [-0.2, 0) is 16.4 Å². The number of halogens is 9. The number of nitrogens with one attached hydrogen (secondary N) is 1. The molecular weight excluding hydrogens is 437 g/mol. The number of aryl methyl sites for hydroxylation is 1. The van der Waals surface area contributed by atoms with E-state index in [2.05, 4.69) is 0 Å². The summed E-state index contributed by atoms with van der Waals surface area (Å²) in [5.74, 6) is -15.7. The maximum Gasteiger partial charge on any atom is 0.460 e. The van der Waals surface area contributed by atoms with Crippen LogP contribution in [0.25, 0.3) is 0 Å². The van der Waals surface area contributed by atoms with Crippen molar-refractivity contribution in [3.8, 4) is 11.5 Å². The lowest BCUT2D eigenvalue weighted by molar-refractivity contribution is -0.382. The Hall–Kier alpha value is -1.90. The van der Waals surface area contributed by atoms with Crippen molar-refractivity contribution in [2.75, 3.05) is 6.54 Å². The van der Waals surface area contributed by atoms with Gasteiger partial charge in [0.1, 0.15) is 0 Å². The summed E-state index contributed by atoms with van der Waals surface area (Å²) in [5.41, 5.74) is 0.246. The van der Waals surface area contributed by atoms with Crippen LogP contribution in [0.2, 0.25) is 0 Å². The Balaban J connectivity index is 2.88. The molecule has 15 heteroatoms. The molecule has 0 aliphatic heterocycles. The van der Waals surface area contributed by atoms with Gasteiger partial charge in [0, 0.05) is 6.54 Å². The molecule has 1 aromatic carbocycles. The minimum atomic E-state index is -7.32. The molecule has 5 nitrogen and oxygen atoms in total. The number of aromatic hydroxyl groups is 2. The Kier molecular flexibility index (Phi) is 6.46. The molecule has 0 bridgehead atoms. The maximum absolute atomic E-state index is 13.4. The molecule has 0 amide bonds. The minimum Gasteiger partial charge on any atom is -0.504 e. The molecule has 1 rings (SSSR count). The van der Waals surface area contributed by atoms with Gasteiger partial charge in [-0.15, -0.1) is 0 Å². The molecule has 0 saturated heterocycles. The molecule has 0 atom stereocenters. The zero-order chi connectivity index (χ0) is 22.2. The summed E-state index contributed by atoms with van der Waals surface area (Å²) in [6.07, 6.45) is -7.67. The quantitative estimate of drug-likeness (QED) is 0.323. The summed E-state index contributed by atoms with van der Waals surface area (Å²) in [6.45, 7) is -1.02. The Morgan fingerprint density at radius 3 is 1.86 bits per heavy atom. The Morgan fingerprint density at radius 2 is 1.39 bits per heavy atom. The van der Waals surface area contributed by atoms with E-state index in [9.17, 15) is 53.0 Å². The van der Waals surface area contributed by atoms with E-state index in [1.165, 1.54) is 6.07 Å². The highest BCUT2D eigenvalue weighted by molar-refractivity contribution is 7.90. The first-order chi connectivity index (χ1) is 12.4. The SMILES string of the molecule is O=S(=O)(NCCCc1ccc(O)c(O)c1)C(F)(F)C(F)(F)C(F)(F)C(F)(F)F. The van der Waals surface area contributed by atoms with Crippen molar-refractivity contribution in [1.29, 1.82) is 0 Å². The number of hydrogen-bond acceptors (Lipinski definition) is 4. The van der Waals surface area contributed by atoms with Gasteiger partial charge >= 0.3 is 23.3 Å². The van der Waals surface area contributed by atoms with Crippen LogP contribution in [0.1, 0.15) is 12.0 Å². The molecule has 0 aliphatic carbocycles. The highest BCUT2D eigenvalue weighted by Gasteiger charge is 2.85.